The van der Waals surface area contributed by atoms with Crippen molar-refractivity contribution in [2.24, 2.45) is 0 Å². The highest BCUT2D eigenvalue weighted by Crippen LogP contribution is 2.28. The van der Waals surface area contributed by atoms with Crippen LogP contribution >= 0.6 is 11.8 Å². The zero-order chi connectivity index (χ0) is 12.5. The average Bonchev–Trinajstić information content (AvgIpc) is 2.71. The Morgan fingerprint density at radius 2 is 2.33 bits per heavy atom. The molecular weight excluding hydrogens is 242 g/mol. The Balaban J connectivity index is 1.81. The Kier molecular flexibility index (Phi) is 3.20. The van der Waals surface area contributed by atoms with E-state index < -0.39 is 0 Å². The summed E-state index contributed by atoms with van der Waals surface area (Å²) in [5.74, 6) is 2.28. The lowest BCUT2D eigenvalue weighted by Gasteiger charge is -2.29. The third kappa shape index (κ3) is 2.34. The van der Waals surface area contributed by atoms with Gasteiger partial charge in [0, 0.05) is 17.0 Å². The molecule has 2 aromatic rings. The van der Waals surface area contributed by atoms with Crippen molar-refractivity contribution >= 4 is 28.5 Å². The van der Waals surface area contributed by atoms with Crippen molar-refractivity contribution in [2.75, 3.05) is 11.1 Å². The molecule has 96 valence electrons. The summed E-state index contributed by atoms with van der Waals surface area (Å²) >= 11 is 2.07. The van der Waals surface area contributed by atoms with Gasteiger partial charge < -0.3 is 10.3 Å². The first kappa shape index (κ1) is 11.9. The Morgan fingerprint density at radius 3 is 3.17 bits per heavy atom. The van der Waals surface area contributed by atoms with Crippen molar-refractivity contribution in [3.05, 3.63) is 24.0 Å². The second-order valence-electron chi connectivity index (χ2n) is 5.02. The van der Waals surface area contributed by atoms with Gasteiger partial charge in [0.1, 0.15) is 5.82 Å². The minimum Gasteiger partial charge on any atom is -0.381 e. The Morgan fingerprint density at radius 1 is 1.44 bits per heavy atom. The van der Waals surface area contributed by atoms with E-state index in [9.17, 15) is 0 Å². The number of nitrogens with zero attached hydrogens (tertiary/aromatic N) is 1. The van der Waals surface area contributed by atoms with Crippen molar-refractivity contribution < 1.29 is 0 Å². The number of rotatable bonds is 2. The molecule has 2 unspecified atom stereocenters. The zero-order valence-electron chi connectivity index (χ0n) is 10.9. The maximum absolute atomic E-state index is 4.43. The number of fused-ring (bicyclic) bond motifs is 1. The molecule has 1 fully saturated rings. The highest BCUT2D eigenvalue weighted by molar-refractivity contribution is 8.00. The molecule has 1 aromatic heterocycles. The number of nitrogens with one attached hydrogen (secondary N) is 2. The van der Waals surface area contributed by atoms with Crippen LogP contribution in [0.4, 0.5) is 5.69 Å². The minimum atomic E-state index is 0.588. The summed E-state index contributed by atoms with van der Waals surface area (Å²) < 4.78 is 0. The van der Waals surface area contributed by atoms with Crippen LogP contribution in [-0.2, 0) is 0 Å². The topological polar surface area (TPSA) is 40.7 Å². The van der Waals surface area contributed by atoms with Crippen LogP contribution in [0.5, 0.6) is 0 Å². The first-order valence-electron chi connectivity index (χ1n) is 6.57. The van der Waals surface area contributed by atoms with Gasteiger partial charge in [-0.25, -0.2) is 4.98 Å². The molecule has 2 atom stereocenters. The Bertz CT molecular complexity index is 549. The van der Waals surface area contributed by atoms with Gasteiger partial charge in [0.05, 0.1) is 11.0 Å². The molecule has 0 bridgehead atoms. The molecule has 3 nitrogen and oxygen atoms in total. The summed E-state index contributed by atoms with van der Waals surface area (Å²) in [5.41, 5.74) is 3.36. The minimum absolute atomic E-state index is 0.588. The van der Waals surface area contributed by atoms with Crippen LogP contribution in [0.3, 0.4) is 0 Å². The van der Waals surface area contributed by atoms with Gasteiger partial charge in [0.2, 0.25) is 0 Å². The van der Waals surface area contributed by atoms with Crippen LogP contribution in [0.2, 0.25) is 0 Å². The zero-order valence-corrected chi connectivity index (χ0v) is 11.7. The van der Waals surface area contributed by atoms with Crippen molar-refractivity contribution in [3.63, 3.8) is 0 Å². The van der Waals surface area contributed by atoms with E-state index in [4.69, 9.17) is 0 Å². The molecule has 3 rings (SSSR count). The van der Waals surface area contributed by atoms with Gasteiger partial charge in [0.15, 0.2) is 0 Å². The second kappa shape index (κ2) is 4.84. The van der Waals surface area contributed by atoms with Crippen LogP contribution < -0.4 is 5.32 Å². The van der Waals surface area contributed by atoms with Crippen LogP contribution in [-0.4, -0.2) is 27.0 Å². The number of thioether (sulfide) groups is 1. The van der Waals surface area contributed by atoms with Gasteiger partial charge >= 0.3 is 0 Å². The first-order chi connectivity index (χ1) is 8.72. The molecule has 0 saturated carbocycles. The predicted octanol–water partition coefficient (Wildman–Crippen LogP) is 3.57. The normalized spacial score (nSPS) is 24.3. The number of hydrogen-bond donors (Lipinski definition) is 2. The number of aryl methyl sites for hydroxylation is 1. The van der Waals surface area contributed by atoms with E-state index in [0.717, 1.165) is 16.9 Å². The van der Waals surface area contributed by atoms with Gasteiger partial charge in [0.25, 0.3) is 0 Å². The average molecular weight is 261 g/mol. The van der Waals surface area contributed by atoms with E-state index in [1.807, 2.05) is 6.92 Å². The number of anilines is 1. The number of aromatic amines is 1. The second-order valence-corrected chi connectivity index (χ2v) is 6.51. The fourth-order valence-corrected chi connectivity index (χ4v) is 3.70. The van der Waals surface area contributed by atoms with Crippen molar-refractivity contribution in [3.8, 4) is 0 Å². The molecule has 4 heteroatoms. The van der Waals surface area contributed by atoms with Crippen LogP contribution in [0.1, 0.15) is 25.6 Å². The number of imidazole rings is 1. The first-order valence-corrected chi connectivity index (χ1v) is 7.62. The largest absolute Gasteiger partial charge is 0.381 e. The van der Waals surface area contributed by atoms with Gasteiger partial charge in [-0.3, -0.25) is 0 Å². The Labute approximate surface area is 112 Å². The van der Waals surface area contributed by atoms with Crippen LogP contribution in [0.25, 0.3) is 11.0 Å². The predicted molar refractivity (Wildman–Crippen MR) is 79.4 cm³/mol. The standard InChI is InChI=1S/C14H19N3S/c1-9-12(4-3-7-18-9)17-11-5-6-13-14(8-11)16-10(2)15-13/h5-6,8-9,12,17H,3-4,7H2,1-2H3,(H,15,16). The summed E-state index contributed by atoms with van der Waals surface area (Å²) in [6.45, 7) is 4.31. The molecule has 2 N–H and O–H groups in total. The fraction of sp³-hybridized carbons (Fsp3) is 0.500. The molecule has 0 spiro atoms. The van der Waals surface area contributed by atoms with E-state index in [-0.39, 0.29) is 0 Å². The van der Waals surface area contributed by atoms with Gasteiger partial charge in [-0.1, -0.05) is 6.92 Å². The van der Waals surface area contributed by atoms with Crippen LogP contribution in [0, 0.1) is 6.92 Å². The van der Waals surface area contributed by atoms with Gasteiger partial charge in [-0.15, -0.1) is 0 Å². The highest BCUT2D eigenvalue weighted by atomic mass is 32.2. The van der Waals surface area contributed by atoms with E-state index in [0.29, 0.717) is 11.3 Å². The lowest BCUT2D eigenvalue weighted by atomic mass is 10.1. The van der Waals surface area contributed by atoms with E-state index in [1.165, 1.54) is 24.3 Å². The number of hydrogen-bond acceptors (Lipinski definition) is 3. The van der Waals surface area contributed by atoms with Crippen molar-refractivity contribution in [2.45, 2.75) is 38.0 Å². The van der Waals surface area contributed by atoms with Crippen LogP contribution in [0.15, 0.2) is 18.2 Å². The molecule has 1 aliphatic rings. The summed E-state index contributed by atoms with van der Waals surface area (Å²) in [5, 5.41) is 4.36. The molecule has 18 heavy (non-hydrogen) atoms. The Hall–Kier alpha value is -1.16. The van der Waals surface area contributed by atoms with E-state index >= 15 is 0 Å². The highest BCUT2D eigenvalue weighted by Gasteiger charge is 2.21. The smallest absolute Gasteiger partial charge is 0.104 e. The maximum Gasteiger partial charge on any atom is 0.104 e. The van der Waals surface area contributed by atoms with E-state index in [1.54, 1.807) is 0 Å². The lowest BCUT2D eigenvalue weighted by Crippen LogP contribution is -2.32. The fourth-order valence-electron chi connectivity index (χ4n) is 2.55. The van der Waals surface area contributed by atoms with Crippen molar-refractivity contribution in [1.29, 1.82) is 0 Å². The molecule has 1 aliphatic heterocycles. The molecule has 1 aromatic carbocycles. The monoisotopic (exact) mass is 261 g/mol. The van der Waals surface area contributed by atoms with Gasteiger partial charge in [-0.2, -0.15) is 11.8 Å². The van der Waals surface area contributed by atoms with Crippen molar-refractivity contribution in [1.82, 2.24) is 9.97 Å². The summed E-state index contributed by atoms with van der Waals surface area (Å²) in [7, 11) is 0. The quantitative estimate of drug-likeness (QED) is 0.868. The molecule has 0 radical (unpaired) electrons. The molecule has 0 amide bonds. The summed E-state index contributed by atoms with van der Waals surface area (Å²) in [6, 6.07) is 6.97. The van der Waals surface area contributed by atoms with Gasteiger partial charge in [-0.05, 0) is 43.7 Å². The number of benzene rings is 1. The maximum atomic E-state index is 4.43. The molecule has 0 aliphatic carbocycles. The molecule has 1 saturated heterocycles. The number of H-pyrrole nitrogens is 1. The molecule has 2 heterocycles. The third-order valence-electron chi connectivity index (χ3n) is 3.56. The molecular formula is C14H19N3S. The number of aromatic nitrogens is 2. The SMILES string of the molecule is Cc1nc2ccc(NC3CCCSC3C)cc2[nH]1. The van der Waals surface area contributed by atoms with E-state index in [2.05, 4.69) is 52.2 Å². The summed E-state index contributed by atoms with van der Waals surface area (Å²) in [6.07, 6.45) is 2.59. The lowest BCUT2D eigenvalue weighted by molar-refractivity contribution is 0.617. The third-order valence-corrected chi connectivity index (χ3v) is 4.94. The summed E-state index contributed by atoms with van der Waals surface area (Å²) in [4.78, 5) is 7.72.